The van der Waals surface area contributed by atoms with Gasteiger partial charge < -0.3 is 4.74 Å². The molecule has 2 aromatic carbocycles. The van der Waals surface area contributed by atoms with E-state index in [4.69, 9.17) is 4.74 Å². The first-order valence-electron chi connectivity index (χ1n) is 11.0. The van der Waals surface area contributed by atoms with Crippen LogP contribution in [-0.2, 0) is 12.8 Å². The number of halogens is 1. The summed E-state index contributed by atoms with van der Waals surface area (Å²) < 4.78 is 19.6. The van der Waals surface area contributed by atoms with Crippen LogP contribution in [0.15, 0.2) is 54.9 Å². The molecule has 31 heavy (non-hydrogen) atoms. The number of hydrogen-bond acceptors (Lipinski definition) is 4. The molecule has 3 rings (SSSR count). The summed E-state index contributed by atoms with van der Waals surface area (Å²) in [6.07, 6.45) is 10.3. The van der Waals surface area contributed by atoms with Crippen molar-refractivity contribution in [2.45, 2.75) is 58.8 Å². The van der Waals surface area contributed by atoms with Crippen molar-refractivity contribution in [1.82, 2.24) is 9.97 Å². The minimum absolute atomic E-state index is 0.0411. The van der Waals surface area contributed by atoms with Gasteiger partial charge in [-0.15, -0.1) is 0 Å². The third-order valence-electron chi connectivity index (χ3n) is 5.19. The predicted molar refractivity (Wildman–Crippen MR) is 121 cm³/mol. The highest BCUT2D eigenvalue weighted by Gasteiger charge is 2.16. The molecule has 4 nitrogen and oxygen atoms in total. The second-order valence-corrected chi connectivity index (χ2v) is 7.70. The van der Waals surface area contributed by atoms with E-state index in [2.05, 4.69) is 35.9 Å². The Balaban J connectivity index is 1.61. The minimum atomic E-state index is -0.777. The number of esters is 1. The summed E-state index contributed by atoms with van der Waals surface area (Å²) in [5, 5.41) is 0. The number of aromatic nitrogens is 2. The summed E-state index contributed by atoms with van der Waals surface area (Å²) in [4.78, 5) is 20.8. The van der Waals surface area contributed by atoms with Gasteiger partial charge in [-0.2, -0.15) is 0 Å². The monoisotopic (exact) mass is 420 g/mol. The number of nitrogens with zero attached hydrogens (tertiary/aromatic N) is 2. The van der Waals surface area contributed by atoms with E-state index in [1.165, 1.54) is 30.3 Å². The van der Waals surface area contributed by atoms with Gasteiger partial charge in [-0.05, 0) is 42.5 Å². The van der Waals surface area contributed by atoms with E-state index in [1.807, 2.05) is 12.1 Å². The Morgan fingerprint density at radius 1 is 0.871 bits per heavy atom. The van der Waals surface area contributed by atoms with Crippen molar-refractivity contribution in [3.05, 3.63) is 77.4 Å². The Morgan fingerprint density at radius 2 is 1.65 bits per heavy atom. The van der Waals surface area contributed by atoms with Crippen LogP contribution in [0.25, 0.3) is 11.3 Å². The maximum Gasteiger partial charge on any atom is 0.347 e. The fraction of sp³-hybridized carbons (Fsp3) is 0.346. The normalized spacial score (nSPS) is 10.8. The van der Waals surface area contributed by atoms with E-state index >= 15 is 0 Å². The summed E-state index contributed by atoms with van der Waals surface area (Å²) in [6, 6.07) is 12.8. The highest BCUT2D eigenvalue weighted by Crippen LogP contribution is 2.20. The first-order chi connectivity index (χ1) is 15.1. The number of aryl methyl sites for hydroxylation is 2. The van der Waals surface area contributed by atoms with Crippen molar-refractivity contribution in [3.8, 4) is 17.1 Å². The average Bonchev–Trinajstić information content (AvgIpc) is 2.78. The zero-order chi connectivity index (χ0) is 22.1. The molecule has 0 N–H and O–H groups in total. The molecule has 0 saturated carbocycles. The van der Waals surface area contributed by atoms with Crippen molar-refractivity contribution in [2.24, 2.45) is 0 Å². The van der Waals surface area contributed by atoms with Crippen LogP contribution in [0.4, 0.5) is 4.39 Å². The van der Waals surface area contributed by atoms with Crippen molar-refractivity contribution < 1.29 is 13.9 Å². The standard InChI is InChI=1S/C26H29FN2O2/c1-3-5-6-7-9-20-12-15-22(23(27)16-20)26(30)31-25-18-28-24(17-29-25)21-13-10-19(8-4-2)11-14-21/h10-18H,3-9H2,1-2H3. The molecule has 3 aromatic rings. The number of ether oxygens (including phenoxy) is 1. The number of carbonyl (C=O) groups excluding carboxylic acids is 1. The predicted octanol–water partition coefficient (Wildman–Crippen LogP) is 6.58. The zero-order valence-corrected chi connectivity index (χ0v) is 18.2. The number of rotatable bonds is 10. The maximum atomic E-state index is 14.4. The summed E-state index contributed by atoms with van der Waals surface area (Å²) in [5.41, 5.74) is 3.68. The van der Waals surface area contributed by atoms with Crippen LogP contribution >= 0.6 is 0 Å². The third kappa shape index (κ3) is 6.45. The molecule has 0 unspecified atom stereocenters. The third-order valence-corrected chi connectivity index (χ3v) is 5.19. The van der Waals surface area contributed by atoms with Crippen LogP contribution in [0, 0.1) is 5.82 Å². The number of unbranched alkanes of at least 4 members (excludes halogenated alkanes) is 3. The Hall–Kier alpha value is -3.08. The molecule has 0 radical (unpaired) electrons. The number of hydrogen-bond donors (Lipinski definition) is 0. The van der Waals surface area contributed by atoms with E-state index in [-0.39, 0.29) is 11.4 Å². The van der Waals surface area contributed by atoms with Crippen molar-refractivity contribution in [1.29, 1.82) is 0 Å². The van der Waals surface area contributed by atoms with Crippen LogP contribution in [-0.4, -0.2) is 15.9 Å². The highest BCUT2D eigenvalue weighted by atomic mass is 19.1. The van der Waals surface area contributed by atoms with E-state index in [0.717, 1.165) is 49.7 Å². The second kappa shape index (κ2) is 11.3. The van der Waals surface area contributed by atoms with E-state index in [1.54, 1.807) is 12.3 Å². The SMILES string of the molecule is CCCCCCc1ccc(C(=O)Oc2cnc(-c3ccc(CCC)cc3)cn2)c(F)c1. The smallest absolute Gasteiger partial charge is 0.347 e. The van der Waals surface area contributed by atoms with Crippen molar-refractivity contribution in [3.63, 3.8) is 0 Å². The fourth-order valence-corrected chi connectivity index (χ4v) is 3.43. The zero-order valence-electron chi connectivity index (χ0n) is 18.2. The Morgan fingerprint density at radius 3 is 2.29 bits per heavy atom. The summed E-state index contributed by atoms with van der Waals surface area (Å²) in [6.45, 7) is 4.30. The van der Waals surface area contributed by atoms with Crippen molar-refractivity contribution >= 4 is 5.97 Å². The number of benzene rings is 2. The molecule has 1 aromatic heterocycles. The van der Waals surface area contributed by atoms with Gasteiger partial charge in [0.2, 0.25) is 5.88 Å². The molecule has 0 atom stereocenters. The fourth-order valence-electron chi connectivity index (χ4n) is 3.43. The van der Waals surface area contributed by atoms with E-state index < -0.39 is 11.8 Å². The average molecular weight is 421 g/mol. The molecule has 0 amide bonds. The molecule has 0 fully saturated rings. The molecule has 0 aliphatic rings. The topological polar surface area (TPSA) is 52.1 Å². The molecule has 162 valence electrons. The van der Waals surface area contributed by atoms with Crippen molar-refractivity contribution in [2.75, 3.05) is 0 Å². The van der Waals surface area contributed by atoms with E-state index in [9.17, 15) is 9.18 Å². The molecule has 0 spiro atoms. The first kappa shape index (κ1) is 22.6. The lowest BCUT2D eigenvalue weighted by atomic mass is 10.0. The summed E-state index contributed by atoms with van der Waals surface area (Å²) >= 11 is 0. The molecule has 0 aliphatic carbocycles. The second-order valence-electron chi connectivity index (χ2n) is 7.70. The summed E-state index contributed by atoms with van der Waals surface area (Å²) in [5.74, 6) is -1.31. The van der Waals surface area contributed by atoms with Gasteiger partial charge in [-0.3, -0.25) is 0 Å². The van der Waals surface area contributed by atoms with Crippen LogP contribution in [0.3, 0.4) is 0 Å². The Labute approximate surface area is 183 Å². The quantitative estimate of drug-likeness (QED) is 0.275. The lowest BCUT2D eigenvalue weighted by Gasteiger charge is -2.07. The molecule has 1 heterocycles. The van der Waals surface area contributed by atoms with Gasteiger partial charge in [-0.25, -0.2) is 19.2 Å². The van der Waals surface area contributed by atoms with Crippen LogP contribution in [0.2, 0.25) is 0 Å². The molecule has 0 saturated heterocycles. The Kier molecular flexibility index (Phi) is 8.27. The van der Waals surface area contributed by atoms with E-state index in [0.29, 0.717) is 5.69 Å². The molecule has 0 aliphatic heterocycles. The van der Waals surface area contributed by atoms with Gasteiger partial charge in [-0.1, -0.05) is 69.9 Å². The largest absolute Gasteiger partial charge is 0.402 e. The molecule has 5 heteroatoms. The van der Waals surface area contributed by atoms with Gasteiger partial charge in [0.05, 0.1) is 23.7 Å². The lowest BCUT2D eigenvalue weighted by Crippen LogP contribution is -2.12. The number of carbonyl (C=O) groups is 1. The Bertz CT molecular complexity index is 985. The lowest BCUT2D eigenvalue weighted by molar-refractivity contribution is 0.0722. The van der Waals surface area contributed by atoms with Gasteiger partial charge in [0, 0.05) is 5.56 Å². The van der Waals surface area contributed by atoms with Crippen LogP contribution < -0.4 is 4.74 Å². The highest BCUT2D eigenvalue weighted by molar-refractivity contribution is 5.91. The molecule has 0 bridgehead atoms. The minimum Gasteiger partial charge on any atom is -0.402 e. The van der Waals surface area contributed by atoms with Gasteiger partial charge in [0.25, 0.3) is 0 Å². The first-order valence-corrected chi connectivity index (χ1v) is 11.0. The summed E-state index contributed by atoms with van der Waals surface area (Å²) in [7, 11) is 0. The van der Waals surface area contributed by atoms with Crippen LogP contribution in [0.5, 0.6) is 5.88 Å². The van der Waals surface area contributed by atoms with Gasteiger partial charge in [0.15, 0.2) is 0 Å². The van der Waals surface area contributed by atoms with Gasteiger partial charge in [0.1, 0.15) is 5.82 Å². The maximum absolute atomic E-state index is 14.4. The van der Waals surface area contributed by atoms with Crippen LogP contribution in [0.1, 0.15) is 67.4 Å². The van der Waals surface area contributed by atoms with Gasteiger partial charge >= 0.3 is 5.97 Å². The molecular formula is C26H29FN2O2. The molecular weight excluding hydrogens is 391 g/mol.